The third-order valence-electron chi connectivity index (χ3n) is 0.556. The molecule has 0 saturated carbocycles. The first-order valence-electron chi connectivity index (χ1n) is 1.87. The molecule has 0 aromatic carbocycles. The summed E-state index contributed by atoms with van der Waals surface area (Å²) in [7, 11) is 0. The first-order valence-corrected chi connectivity index (χ1v) is 2.91. The summed E-state index contributed by atoms with van der Waals surface area (Å²) in [6, 6.07) is 0. The van der Waals surface area contributed by atoms with E-state index in [-0.39, 0.29) is 30.3 Å². The van der Waals surface area contributed by atoms with Gasteiger partial charge in [0.25, 0.3) is 0 Å². The van der Waals surface area contributed by atoms with E-state index in [4.69, 9.17) is 10.2 Å². The van der Waals surface area contributed by atoms with Gasteiger partial charge < -0.3 is 11.0 Å². The van der Waals surface area contributed by atoms with Gasteiger partial charge in [0.2, 0.25) is 0 Å². The van der Waals surface area contributed by atoms with Crippen LogP contribution >= 0.6 is 0 Å². The zero-order chi connectivity index (χ0) is 5.70. The third-order valence-corrected chi connectivity index (χ3v) is 1.41. The molecule has 0 aliphatic heterocycles. The van der Waals surface area contributed by atoms with Gasteiger partial charge in [0.05, 0.1) is 0 Å². The monoisotopic (exact) mass is 246 g/mol. The van der Waals surface area contributed by atoms with Crippen molar-refractivity contribution in [3.05, 3.63) is 0 Å². The summed E-state index contributed by atoms with van der Waals surface area (Å²) in [5, 5.41) is 16.5. The van der Waals surface area contributed by atoms with Crippen molar-refractivity contribution >= 4 is 23.4 Å². The van der Waals surface area contributed by atoms with Gasteiger partial charge in [-0.3, -0.25) is 0 Å². The van der Waals surface area contributed by atoms with E-state index in [0.717, 1.165) is 23.4 Å². The molecule has 0 bridgehead atoms. The first-order chi connectivity index (χ1) is 3.35. The minimum atomic E-state index is -0.381. The van der Waals surface area contributed by atoms with Crippen LogP contribution in [-0.2, 0) is 3.02 Å². The van der Waals surface area contributed by atoms with Crippen LogP contribution in [-0.4, -0.2) is 63.9 Å². The second kappa shape index (κ2) is 11.4. The number of rotatable bonds is 3. The summed E-state index contributed by atoms with van der Waals surface area (Å²) in [6.07, 6.45) is -0.381. The Bertz CT molecular complexity index is 33.7. The summed E-state index contributed by atoms with van der Waals surface area (Å²) >= 11 is 1.13. The van der Waals surface area contributed by atoms with E-state index in [2.05, 4.69) is 3.02 Å². The summed E-state index contributed by atoms with van der Waals surface area (Å²) < 4.78 is 4.60. The minimum Gasteiger partial charge on any atom is -0.870 e. The van der Waals surface area contributed by atoms with Crippen LogP contribution in [0.3, 0.4) is 0 Å². The predicted molar refractivity (Wildman–Crippen MR) is 28.7 cm³/mol. The average molecular weight is 247 g/mol. The fraction of sp³-hybridized carbons (Fsp3) is 1.00. The Hall–Kier alpha value is 0.618. The predicted octanol–water partition coefficient (Wildman–Crippen LogP) is -1.91. The number of hydrogen-bond acceptors (Lipinski definition) is 5. The van der Waals surface area contributed by atoms with Crippen LogP contribution in [0.4, 0.5) is 0 Å². The minimum absolute atomic E-state index is 0. The largest absolute Gasteiger partial charge is 0.870 e. The van der Waals surface area contributed by atoms with Crippen LogP contribution < -0.4 is 0 Å². The van der Waals surface area contributed by atoms with Crippen LogP contribution in [0.5, 0.6) is 0 Å². The molecule has 6 heteroatoms. The molecule has 2 radical (unpaired) electrons. The topological polar surface area (TPSA) is 110 Å². The molecule has 5 nitrogen and oxygen atoms in total. The van der Waals surface area contributed by atoms with Gasteiger partial charge >= 0.3 is 56.0 Å². The smallest absolute Gasteiger partial charge is 0.870 e. The second-order valence-electron chi connectivity index (χ2n) is 1.09. The molecule has 4 N–H and O–H groups in total. The van der Waals surface area contributed by atoms with Gasteiger partial charge in [-0.1, -0.05) is 0 Å². The zero-order valence-electron chi connectivity index (χ0n) is 4.64. The molecule has 0 rings (SSSR count). The zero-order valence-corrected chi connectivity index (χ0v) is 7.19. The van der Waals surface area contributed by atoms with Crippen molar-refractivity contribution in [2.75, 3.05) is 13.2 Å². The second-order valence-corrected chi connectivity index (χ2v) is 1.69. The fourth-order valence-electron chi connectivity index (χ4n) is 0.124. The van der Waals surface area contributed by atoms with Crippen molar-refractivity contribution in [2.45, 2.75) is 6.10 Å². The van der Waals surface area contributed by atoms with Crippen molar-refractivity contribution < 1.29 is 24.2 Å². The molecule has 0 heterocycles. The molecule has 0 aliphatic carbocycles. The van der Waals surface area contributed by atoms with Gasteiger partial charge in [0.1, 0.15) is 0 Å². The van der Waals surface area contributed by atoms with E-state index in [1.54, 1.807) is 0 Å². The maximum absolute atomic E-state index is 8.25. The molecule has 58 valence electrons. The van der Waals surface area contributed by atoms with E-state index >= 15 is 0 Å². The molecular weight excluding hydrogens is 238 g/mol. The molecule has 0 spiro atoms. The molecule has 0 unspecified atom stereocenters. The van der Waals surface area contributed by atoms with Gasteiger partial charge in [-0.05, 0) is 0 Å². The molecule has 0 amide bonds. The molecule has 0 aromatic rings. The summed E-state index contributed by atoms with van der Waals surface area (Å²) in [5.41, 5.74) is 0. The average Bonchev–Trinajstić information content (AvgIpc) is 1.72. The van der Waals surface area contributed by atoms with Crippen molar-refractivity contribution in [1.29, 1.82) is 0 Å². The quantitative estimate of drug-likeness (QED) is 0.565. The molecule has 9 heavy (non-hydrogen) atoms. The molecule has 0 saturated heterocycles. The number of aliphatic hydroxyl groups excluding tert-OH is 2. The summed E-state index contributed by atoms with van der Waals surface area (Å²) in [6.45, 7) is -0.211. The molecule has 0 aliphatic rings. The first kappa shape index (κ1) is 16.3. The van der Waals surface area contributed by atoms with Gasteiger partial charge in [-0.15, -0.1) is 0 Å². The standard InChI is InChI=1S/C3H7O3.2H2O.Sb/c4-1-3(6)2-5;;;/h3-5H,1-2H2;2*1H2;/q-1;;;+1/p-2. The SMILES string of the molecule is OCC(CO)[O][Sb].[OH-].[OH-]. The Kier molecular flexibility index (Phi) is 20.7. The van der Waals surface area contributed by atoms with Crippen LogP contribution in [0, 0.1) is 0 Å². The van der Waals surface area contributed by atoms with E-state index in [9.17, 15) is 0 Å². The fourth-order valence-corrected chi connectivity index (χ4v) is 0.505. The van der Waals surface area contributed by atoms with Gasteiger partial charge in [-0.2, -0.15) is 0 Å². The summed E-state index contributed by atoms with van der Waals surface area (Å²) in [4.78, 5) is 0. The van der Waals surface area contributed by atoms with Gasteiger partial charge in [-0.25, -0.2) is 0 Å². The Balaban J connectivity index is -0.000000180. The Morgan fingerprint density at radius 3 is 1.56 bits per heavy atom. The van der Waals surface area contributed by atoms with E-state index in [1.807, 2.05) is 0 Å². The van der Waals surface area contributed by atoms with Crippen LogP contribution in [0.15, 0.2) is 0 Å². The van der Waals surface area contributed by atoms with E-state index in [1.165, 1.54) is 0 Å². The maximum Gasteiger partial charge on any atom is -0.870 e. The van der Waals surface area contributed by atoms with Gasteiger partial charge in [0, 0.05) is 0 Å². The normalized spacial score (nSPS) is 8.00. The van der Waals surface area contributed by atoms with Crippen molar-refractivity contribution in [1.82, 2.24) is 0 Å². The summed E-state index contributed by atoms with van der Waals surface area (Å²) in [5.74, 6) is 0. The molecular formula is C3H9O5Sb-2. The molecule has 0 fully saturated rings. The Morgan fingerprint density at radius 1 is 1.22 bits per heavy atom. The van der Waals surface area contributed by atoms with Crippen LogP contribution in [0.25, 0.3) is 0 Å². The third kappa shape index (κ3) is 8.62. The van der Waals surface area contributed by atoms with Crippen molar-refractivity contribution in [3.8, 4) is 0 Å². The number of aliphatic hydroxyl groups is 2. The van der Waals surface area contributed by atoms with Crippen LogP contribution in [0.1, 0.15) is 0 Å². The van der Waals surface area contributed by atoms with E-state index in [0.29, 0.717) is 0 Å². The van der Waals surface area contributed by atoms with E-state index < -0.39 is 0 Å². The maximum atomic E-state index is 8.25. The van der Waals surface area contributed by atoms with Gasteiger partial charge in [0.15, 0.2) is 0 Å². The molecule has 0 atom stereocenters. The number of hydrogen-bond donors (Lipinski definition) is 2. The Morgan fingerprint density at radius 2 is 1.56 bits per heavy atom. The van der Waals surface area contributed by atoms with Crippen LogP contribution in [0.2, 0.25) is 0 Å². The van der Waals surface area contributed by atoms with Crippen molar-refractivity contribution in [3.63, 3.8) is 0 Å². The Labute approximate surface area is 67.3 Å². The van der Waals surface area contributed by atoms with Crippen molar-refractivity contribution in [2.24, 2.45) is 0 Å². The molecule has 0 aromatic heterocycles.